The van der Waals surface area contributed by atoms with E-state index in [1.807, 2.05) is 49.2 Å². The van der Waals surface area contributed by atoms with Crippen molar-refractivity contribution in [1.82, 2.24) is 14.9 Å². The molecule has 0 aliphatic carbocycles. The van der Waals surface area contributed by atoms with Gasteiger partial charge in [0.25, 0.3) is 5.91 Å². The number of hydrogen-bond acceptors (Lipinski definition) is 3. The van der Waals surface area contributed by atoms with Crippen LogP contribution < -0.4 is 0 Å². The summed E-state index contributed by atoms with van der Waals surface area (Å²) in [6.07, 6.45) is 6.83. The maximum atomic E-state index is 13.5. The van der Waals surface area contributed by atoms with Crippen molar-refractivity contribution in [2.75, 3.05) is 6.54 Å². The highest BCUT2D eigenvalue weighted by atomic mass is 16.2. The zero-order chi connectivity index (χ0) is 18.1. The number of aryl methyl sites for hydroxylation is 2. The molecule has 0 N–H and O–H groups in total. The van der Waals surface area contributed by atoms with Gasteiger partial charge in [-0.15, -0.1) is 0 Å². The highest BCUT2D eigenvalue weighted by Crippen LogP contribution is 2.33. The molecule has 2 aromatic heterocycles. The van der Waals surface area contributed by atoms with Gasteiger partial charge in [-0.05, 0) is 62.9 Å². The highest BCUT2D eigenvalue weighted by Gasteiger charge is 2.29. The van der Waals surface area contributed by atoms with Crippen LogP contribution >= 0.6 is 0 Å². The lowest BCUT2D eigenvalue weighted by Gasteiger charge is -2.36. The number of fused-ring (bicyclic) bond motifs is 1. The van der Waals surface area contributed by atoms with Crippen LogP contribution in [0.25, 0.3) is 10.9 Å². The SMILES string of the molecule is Cc1ccc2nc(C)cc(C(=O)N3CCCCC3c3cccnc3)c2c1. The summed E-state index contributed by atoms with van der Waals surface area (Å²) in [4.78, 5) is 24.4. The van der Waals surface area contributed by atoms with Crippen LogP contribution in [-0.2, 0) is 0 Å². The molecule has 4 nitrogen and oxygen atoms in total. The quantitative estimate of drug-likeness (QED) is 0.681. The van der Waals surface area contributed by atoms with Gasteiger partial charge in [0.15, 0.2) is 0 Å². The summed E-state index contributed by atoms with van der Waals surface area (Å²) < 4.78 is 0. The first-order chi connectivity index (χ1) is 12.6. The molecular formula is C22H23N3O. The molecule has 1 aromatic carbocycles. The van der Waals surface area contributed by atoms with Crippen LogP contribution in [0.4, 0.5) is 0 Å². The normalized spacial score (nSPS) is 17.5. The van der Waals surface area contributed by atoms with E-state index in [0.29, 0.717) is 0 Å². The first kappa shape index (κ1) is 16.7. The van der Waals surface area contributed by atoms with Gasteiger partial charge < -0.3 is 4.90 Å². The van der Waals surface area contributed by atoms with Crippen molar-refractivity contribution in [3.63, 3.8) is 0 Å². The fraction of sp³-hybridized carbons (Fsp3) is 0.318. The summed E-state index contributed by atoms with van der Waals surface area (Å²) >= 11 is 0. The van der Waals surface area contributed by atoms with Crippen molar-refractivity contribution < 1.29 is 4.79 Å². The average Bonchev–Trinajstić information content (AvgIpc) is 2.68. The van der Waals surface area contributed by atoms with E-state index in [2.05, 4.69) is 22.1 Å². The Morgan fingerprint density at radius 1 is 1.15 bits per heavy atom. The summed E-state index contributed by atoms with van der Waals surface area (Å²) in [6.45, 7) is 4.78. The predicted octanol–water partition coefficient (Wildman–Crippen LogP) is 4.61. The van der Waals surface area contributed by atoms with E-state index in [0.717, 1.165) is 59.1 Å². The van der Waals surface area contributed by atoms with Crippen molar-refractivity contribution in [2.24, 2.45) is 0 Å². The largest absolute Gasteiger partial charge is 0.332 e. The summed E-state index contributed by atoms with van der Waals surface area (Å²) in [6, 6.07) is 12.2. The molecule has 0 spiro atoms. The third kappa shape index (κ3) is 3.07. The van der Waals surface area contributed by atoms with Crippen molar-refractivity contribution in [3.8, 4) is 0 Å². The molecule has 1 amide bonds. The van der Waals surface area contributed by atoms with Crippen LogP contribution in [0, 0.1) is 13.8 Å². The van der Waals surface area contributed by atoms with E-state index in [9.17, 15) is 4.79 Å². The first-order valence-corrected chi connectivity index (χ1v) is 9.22. The van der Waals surface area contributed by atoms with E-state index in [1.54, 1.807) is 6.20 Å². The molecule has 0 saturated carbocycles. The summed E-state index contributed by atoms with van der Waals surface area (Å²) in [5, 5.41) is 0.941. The maximum Gasteiger partial charge on any atom is 0.255 e. The Bertz CT molecular complexity index is 952. The molecule has 0 radical (unpaired) electrons. The van der Waals surface area contributed by atoms with Crippen molar-refractivity contribution in [1.29, 1.82) is 0 Å². The Morgan fingerprint density at radius 3 is 2.85 bits per heavy atom. The molecule has 3 aromatic rings. The van der Waals surface area contributed by atoms with Gasteiger partial charge in [-0.3, -0.25) is 14.8 Å². The molecule has 26 heavy (non-hydrogen) atoms. The molecule has 4 rings (SSSR count). The van der Waals surface area contributed by atoms with Gasteiger partial charge in [0, 0.05) is 30.0 Å². The number of piperidine rings is 1. The number of likely N-dealkylation sites (tertiary alicyclic amines) is 1. The first-order valence-electron chi connectivity index (χ1n) is 9.22. The number of pyridine rings is 2. The lowest BCUT2D eigenvalue weighted by atomic mass is 9.94. The van der Waals surface area contributed by atoms with E-state index < -0.39 is 0 Å². The van der Waals surface area contributed by atoms with Gasteiger partial charge in [0.1, 0.15) is 0 Å². The molecular weight excluding hydrogens is 322 g/mol. The van der Waals surface area contributed by atoms with Gasteiger partial charge in [0.2, 0.25) is 0 Å². The van der Waals surface area contributed by atoms with E-state index >= 15 is 0 Å². The van der Waals surface area contributed by atoms with Crippen LogP contribution in [0.1, 0.15) is 52.5 Å². The topological polar surface area (TPSA) is 46.1 Å². The Morgan fingerprint density at radius 2 is 2.04 bits per heavy atom. The third-order valence-corrected chi connectivity index (χ3v) is 5.16. The molecule has 1 saturated heterocycles. The van der Waals surface area contributed by atoms with Crippen LogP contribution in [0.2, 0.25) is 0 Å². The van der Waals surface area contributed by atoms with E-state index in [4.69, 9.17) is 0 Å². The number of rotatable bonds is 2. The molecule has 1 aliphatic rings. The van der Waals surface area contributed by atoms with Crippen molar-refractivity contribution in [3.05, 3.63) is 71.2 Å². The summed E-state index contributed by atoms with van der Waals surface area (Å²) in [5.74, 6) is 0.0969. The number of carbonyl (C=O) groups excluding carboxylic acids is 1. The fourth-order valence-corrected chi connectivity index (χ4v) is 3.90. The Hall–Kier alpha value is -2.75. The minimum Gasteiger partial charge on any atom is -0.332 e. The van der Waals surface area contributed by atoms with Gasteiger partial charge >= 0.3 is 0 Å². The van der Waals surface area contributed by atoms with E-state index in [1.165, 1.54) is 0 Å². The summed E-state index contributed by atoms with van der Waals surface area (Å²) in [5.41, 5.74) is 4.77. The Kier molecular flexibility index (Phi) is 4.41. The standard InChI is InChI=1S/C22H23N3O/c1-15-8-9-20-18(12-15)19(13-16(2)24-20)22(26)25-11-4-3-7-21(25)17-6-5-10-23-14-17/h5-6,8-10,12-14,21H,3-4,7,11H2,1-2H3. The number of hydrogen-bond donors (Lipinski definition) is 0. The molecule has 0 bridgehead atoms. The highest BCUT2D eigenvalue weighted by molar-refractivity contribution is 6.06. The molecule has 1 aliphatic heterocycles. The van der Waals surface area contributed by atoms with Crippen LogP contribution in [0.5, 0.6) is 0 Å². The van der Waals surface area contributed by atoms with Gasteiger partial charge in [-0.1, -0.05) is 17.7 Å². The molecule has 1 fully saturated rings. The number of nitrogens with zero attached hydrogens (tertiary/aromatic N) is 3. The monoisotopic (exact) mass is 345 g/mol. The Labute approximate surface area is 153 Å². The van der Waals surface area contributed by atoms with Gasteiger partial charge in [0.05, 0.1) is 17.1 Å². The van der Waals surface area contributed by atoms with Gasteiger partial charge in [-0.2, -0.15) is 0 Å². The van der Waals surface area contributed by atoms with Crippen LogP contribution in [0.15, 0.2) is 48.8 Å². The third-order valence-electron chi connectivity index (χ3n) is 5.16. The fourth-order valence-electron chi connectivity index (χ4n) is 3.90. The molecule has 4 heteroatoms. The molecule has 3 heterocycles. The number of benzene rings is 1. The minimum absolute atomic E-state index is 0.0956. The van der Waals surface area contributed by atoms with Crippen molar-refractivity contribution in [2.45, 2.75) is 39.2 Å². The second-order valence-electron chi connectivity index (χ2n) is 7.13. The maximum absolute atomic E-state index is 13.5. The average molecular weight is 345 g/mol. The zero-order valence-electron chi connectivity index (χ0n) is 15.3. The van der Waals surface area contributed by atoms with E-state index in [-0.39, 0.29) is 11.9 Å². The Balaban J connectivity index is 1.79. The predicted molar refractivity (Wildman–Crippen MR) is 103 cm³/mol. The molecule has 1 atom stereocenters. The second-order valence-corrected chi connectivity index (χ2v) is 7.13. The minimum atomic E-state index is 0.0956. The number of amides is 1. The zero-order valence-corrected chi connectivity index (χ0v) is 15.3. The smallest absolute Gasteiger partial charge is 0.255 e. The lowest BCUT2D eigenvalue weighted by Crippen LogP contribution is -2.38. The number of aromatic nitrogens is 2. The van der Waals surface area contributed by atoms with Crippen LogP contribution in [-0.4, -0.2) is 27.3 Å². The second kappa shape index (κ2) is 6.87. The van der Waals surface area contributed by atoms with Crippen molar-refractivity contribution >= 4 is 16.8 Å². The van der Waals surface area contributed by atoms with Gasteiger partial charge in [-0.25, -0.2) is 0 Å². The summed E-state index contributed by atoms with van der Waals surface area (Å²) in [7, 11) is 0. The van der Waals surface area contributed by atoms with Crippen LogP contribution in [0.3, 0.4) is 0 Å². The number of carbonyl (C=O) groups is 1. The lowest BCUT2D eigenvalue weighted by molar-refractivity contribution is 0.0613. The molecule has 1 unspecified atom stereocenters. The molecule has 132 valence electrons.